The zero-order chi connectivity index (χ0) is 24.5. The zero-order valence-corrected chi connectivity index (χ0v) is 20.4. The van der Waals surface area contributed by atoms with E-state index in [9.17, 15) is 9.59 Å². The molecule has 34 heavy (non-hydrogen) atoms. The molecule has 3 rings (SSSR count). The lowest BCUT2D eigenvalue weighted by molar-refractivity contribution is -0.113. The van der Waals surface area contributed by atoms with Crippen LogP contribution in [0.4, 0.5) is 5.69 Å². The molecule has 2 aromatic carbocycles. The Balaban J connectivity index is 1.58. The van der Waals surface area contributed by atoms with E-state index in [0.29, 0.717) is 40.3 Å². The number of carbonyl (C=O) groups excluding carboxylic acids is 2. The summed E-state index contributed by atoms with van der Waals surface area (Å²) in [6.07, 6.45) is -0.219. The predicted octanol–water partition coefficient (Wildman–Crippen LogP) is 4.18. The molecule has 1 N–H and O–H groups in total. The fourth-order valence-corrected chi connectivity index (χ4v) is 3.88. The number of rotatable bonds is 11. The molecule has 9 nitrogen and oxygen atoms in total. The molecule has 3 aromatic rings. The summed E-state index contributed by atoms with van der Waals surface area (Å²) in [5.74, 6) is 1.37. The number of nitrogens with one attached hydrogen (secondary N) is 1. The van der Waals surface area contributed by atoms with Gasteiger partial charge >= 0.3 is 5.97 Å². The second-order valence-electron chi connectivity index (χ2n) is 7.45. The van der Waals surface area contributed by atoms with Crippen molar-refractivity contribution in [3.63, 3.8) is 0 Å². The Bertz CT molecular complexity index is 1130. The van der Waals surface area contributed by atoms with Gasteiger partial charge in [-0.15, -0.1) is 10.2 Å². The third-order valence-corrected chi connectivity index (χ3v) is 5.56. The Morgan fingerprint density at radius 1 is 1.09 bits per heavy atom. The highest BCUT2D eigenvalue weighted by molar-refractivity contribution is 7.99. The van der Waals surface area contributed by atoms with Crippen LogP contribution in [0.1, 0.15) is 37.0 Å². The van der Waals surface area contributed by atoms with Crippen molar-refractivity contribution in [2.45, 2.75) is 45.2 Å². The molecule has 0 aliphatic rings. The van der Waals surface area contributed by atoms with Crippen molar-refractivity contribution in [1.82, 2.24) is 14.8 Å². The van der Waals surface area contributed by atoms with E-state index in [4.69, 9.17) is 14.2 Å². The van der Waals surface area contributed by atoms with Crippen LogP contribution in [-0.2, 0) is 22.7 Å². The summed E-state index contributed by atoms with van der Waals surface area (Å²) in [5, 5.41) is 11.8. The Morgan fingerprint density at radius 2 is 1.85 bits per heavy atom. The number of benzene rings is 2. The summed E-state index contributed by atoms with van der Waals surface area (Å²) in [5.41, 5.74) is 0.899. The van der Waals surface area contributed by atoms with Gasteiger partial charge in [0.05, 0.1) is 24.5 Å². The molecule has 10 heteroatoms. The predicted molar refractivity (Wildman–Crippen MR) is 129 cm³/mol. The van der Waals surface area contributed by atoms with E-state index in [1.807, 2.05) is 35.8 Å². The monoisotopic (exact) mass is 484 g/mol. The van der Waals surface area contributed by atoms with Crippen molar-refractivity contribution >= 4 is 29.3 Å². The topological polar surface area (TPSA) is 105 Å². The third kappa shape index (κ3) is 6.74. The molecule has 0 aliphatic carbocycles. The number of esters is 1. The molecular weight excluding hydrogens is 456 g/mol. The number of amides is 1. The fraction of sp³-hybridized carbons (Fsp3) is 0.333. The lowest BCUT2D eigenvalue weighted by atomic mass is 10.2. The van der Waals surface area contributed by atoms with Gasteiger partial charge in [0.25, 0.3) is 0 Å². The van der Waals surface area contributed by atoms with Crippen molar-refractivity contribution < 1.29 is 23.8 Å². The molecule has 0 saturated carbocycles. The molecule has 1 amide bonds. The number of hydrogen-bond acceptors (Lipinski definition) is 8. The zero-order valence-electron chi connectivity index (χ0n) is 19.6. The standard InChI is InChI=1S/C24H28N4O5S/c1-5-28-21(14-32-20-12-7-6-11-19(20)31-4)26-27-24(28)34-15-22(29)25-18-10-8-9-17(13-18)23(30)33-16(2)3/h6-13,16H,5,14-15H2,1-4H3,(H,25,29). The van der Waals surface area contributed by atoms with E-state index in [-0.39, 0.29) is 24.4 Å². The van der Waals surface area contributed by atoms with Gasteiger partial charge < -0.3 is 24.1 Å². The van der Waals surface area contributed by atoms with Crippen molar-refractivity contribution in [1.29, 1.82) is 0 Å². The smallest absolute Gasteiger partial charge is 0.338 e. The highest BCUT2D eigenvalue weighted by Gasteiger charge is 2.15. The van der Waals surface area contributed by atoms with Crippen molar-refractivity contribution in [2.75, 3.05) is 18.2 Å². The second-order valence-corrected chi connectivity index (χ2v) is 8.40. The van der Waals surface area contributed by atoms with E-state index < -0.39 is 5.97 Å². The van der Waals surface area contributed by atoms with E-state index in [2.05, 4.69) is 15.5 Å². The summed E-state index contributed by atoms with van der Waals surface area (Å²) < 4.78 is 18.3. The van der Waals surface area contributed by atoms with Crippen molar-refractivity contribution in [3.8, 4) is 11.5 Å². The minimum atomic E-state index is -0.431. The van der Waals surface area contributed by atoms with Crippen molar-refractivity contribution in [3.05, 3.63) is 59.9 Å². The van der Waals surface area contributed by atoms with E-state index in [1.54, 1.807) is 45.2 Å². The van der Waals surface area contributed by atoms with E-state index >= 15 is 0 Å². The van der Waals surface area contributed by atoms with Gasteiger partial charge in [-0.3, -0.25) is 4.79 Å². The first-order valence-corrected chi connectivity index (χ1v) is 11.8. The number of nitrogens with zero attached hydrogens (tertiary/aromatic N) is 3. The number of ether oxygens (including phenoxy) is 3. The van der Waals surface area contributed by atoms with Crippen LogP contribution in [0.5, 0.6) is 11.5 Å². The number of methoxy groups -OCH3 is 1. The van der Waals surface area contributed by atoms with Gasteiger partial charge in [0.2, 0.25) is 5.91 Å². The maximum absolute atomic E-state index is 12.5. The van der Waals surface area contributed by atoms with Gasteiger partial charge in [0.15, 0.2) is 22.5 Å². The summed E-state index contributed by atoms with van der Waals surface area (Å²) in [6.45, 7) is 6.38. The summed E-state index contributed by atoms with van der Waals surface area (Å²) >= 11 is 1.27. The van der Waals surface area contributed by atoms with Gasteiger partial charge in [0, 0.05) is 12.2 Å². The first-order valence-electron chi connectivity index (χ1n) is 10.8. The van der Waals surface area contributed by atoms with Crippen LogP contribution in [0.2, 0.25) is 0 Å². The van der Waals surface area contributed by atoms with Crippen LogP contribution in [0.25, 0.3) is 0 Å². The molecule has 0 atom stereocenters. The lowest BCUT2D eigenvalue weighted by Crippen LogP contribution is -2.16. The lowest BCUT2D eigenvalue weighted by Gasteiger charge is -2.11. The molecule has 0 spiro atoms. The van der Waals surface area contributed by atoms with E-state index in [0.717, 1.165) is 0 Å². The highest BCUT2D eigenvalue weighted by Crippen LogP contribution is 2.27. The number of thioether (sulfide) groups is 1. The molecule has 0 unspecified atom stereocenters. The molecule has 1 heterocycles. The Kier molecular flexibility index (Phi) is 8.92. The first-order chi connectivity index (χ1) is 16.4. The molecule has 1 aromatic heterocycles. The maximum atomic E-state index is 12.5. The van der Waals surface area contributed by atoms with Gasteiger partial charge in [0.1, 0.15) is 6.61 Å². The van der Waals surface area contributed by atoms with Crippen LogP contribution >= 0.6 is 11.8 Å². The van der Waals surface area contributed by atoms with Gasteiger partial charge in [-0.2, -0.15) is 0 Å². The normalized spacial score (nSPS) is 10.7. The Morgan fingerprint density at radius 3 is 2.56 bits per heavy atom. The van der Waals surface area contributed by atoms with Crippen LogP contribution in [-0.4, -0.2) is 45.6 Å². The number of carbonyl (C=O) groups is 2. The summed E-state index contributed by atoms with van der Waals surface area (Å²) in [6, 6.07) is 14.0. The summed E-state index contributed by atoms with van der Waals surface area (Å²) in [4.78, 5) is 24.6. The number of aromatic nitrogens is 3. The van der Waals surface area contributed by atoms with Crippen LogP contribution < -0.4 is 14.8 Å². The van der Waals surface area contributed by atoms with Gasteiger partial charge in [-0.05, 0) is 51.1 Å². The molecule has 0 saturated heterocycles. The number of para-hydroxylation sites is 2. The van der Waals surface area contributed by atoms with Crippen LogP contribution in [0.15, 0.2) is 53.7 Å². The second kappa shape index (κ2) is 12.1. The number of anilines is 1. The Hall–Kier alpha value is -3.53. The van der Waals surface area contributed by atoms with Gasteiger partial charge in [-0.25, -0.2) is 4.79 Å². The van der Waals surface area contributed by atoms with Gasteiger partial charge in [-0.1, -0.05) is 30.0 Å². The molecular formula is C24H28N4O5S. The SMILES string of the molecule is CCn1c(COc2ccccc2OC)nnc1SCC(=O)Nc1cccc(C(=O)OC(C)C)c1. The number of hydrogen-bond donors (Lipinski definition) is 1. The summed E-state index contributed by atoms with van der Waals surface area (Å²) in [7, 11) is 1.59. The minimum absolute atomic E-state index is 0.131. The quantitative estimate of drug-likeness (QED) is 0.319. The molecule has 180 valence electrons. The molecule has 0 bridgehead atoms. The maximum Gasteiger partial charge on any atom is 0.338 e. The molecule has 0 fully saturated rings. The van der Waals surface area contributed by atoms with Crippen LogP contribution in [0.3, 0.4) is 0 Å². The molecule has 0 aliphatic heterocycles. The average Bonchev–Trinajstić information content (AvgIpc) is 3.23. The fourth-order valence-electron chi connectivity index (χ4n) is 3.06. The Labute approximate surface area is 202 Å². The van der Waals surface area contributed by atoms with E-state index in [1.165, 1.54) is 11.8 Å². The van der Waals surface area contributed by atoms with Crippen molar-refractivity contribution in [2.24, 2.45) is 0 Å². The largest absolute Gasteiger partial charge is 0.493 e. The highest BCUT2D eigenvalue weighted by atomic mass is 32.2. The molecule has 0 radical (unpaired) electrons. The third-order valence-electron chi connectivity index (χ3n) is 4.59. The average molecular weight is 485 g/mol. The minimum Gasteiger partial charge on any atom is -0.493 e. The first kappa shape index (κ1) is 25.1. The van der Waals surface area contributed by atoms with Crippen LogP contribution in [0, 0.1) is 0 Å².